The SMILES string of the molecule is C#CCn1c[n+](Cc2ccccc2)c2ccccc21.[Br-]. The number of nitrogens with zero attached hydrogens (tertiary/aromatic N) is 2. The van der Waals surface area contributed by atoms with Crippen molar-refractivity contribution in [3.63, 3.8) is 0 Å². The van der Waals surface area contributed by atoms with Gasteiger partial charge in [-0.05, 0) is 17.7 Å². The molecule has 3 heteroatoms. The molecule has 20 heavy (non-hydrogen) atoms. The topological polar surface area (TPSA) is 8.81 Å². The van der Waals surface area contributed by atoms with Crippen LogP contribution in [0.3, 0.4) is 0 Å². The predicted octanol–water partition coefficient (Wildman–Crippen LogP) is -0.386. The fraction of sp³-hybridized carbons (Fsp3) is 0.118. The number of imidazole rings is 1. The fourth-order valence-electron chi connectivity index (χ4n) is 2.37. The van der Waals surface area contributed by atoms with Crippen molar-refractivity contribution in [2.24, 2.45) is 0 Å². The minimum absolute atomic E-state index is 0. The maximum Gasteiger partial charge on any atom is 0.245 e. The first-order chi connectivity index (χ1) is 9.38. The Balaban J connectivity index is 0.00000147. The Hall–Kier alpha value is -2.05. The van der Waals surface area contributed by atoms with Crippen LogP contribution in [-0.2, 0) is 13.1 Å². The van der Waals surface area contributed by atoms with Gasteiger partial charge in [0.25, 0.3) is 0 Å². The van der Waals surface area contributed by atoms with Gasteiger partial charge in [0.2, 0.25) is 6.33 Å². The first-order valence-electron chi connectivity index (χ1n) is 6.33. The van der Waals surface area contributed by atoms with Crippen molar-refractivity contribution in [3.8, 4) is 12.3 Å². The standard InChI is InChI=1S/C17H15N2.BrH/c1-2-12-18-14-19(13-15-8-4-3-5-9-15)17-11-7-6-10-16(17)18;/h1,3-11,14H,12-13H2;1H/q+1;/p-1. The van der Waals surface area contributed by atoms with E-state index >= 15 is 0 Å². The summed E-state index contributed by atoms with van der Waals surface area (Å²) in [7, 11) is 0. The molecular formula is C17H15BrN2. The molecule has 0 saturated carbocycles. The van der Waals surface area contributed by atoms with Crippen molar-refractivity contribution in [1.82, 2.24) is 4.57 Å². The molecular weight excluding hydrogens is 312 g/mol. The van der Waals surface area contributed by atoms with Gasteiger partial charge in [0, 0.05) is 0 Å². The molecule has 0 aliphatic carbocycles. The Morgan fingerprint density at radius 1 is 1.00 bits per heavy atom. The van der Waals surface area contributed by atoms with E-state index in [0.717, 1.165) is 6.54 Å². The third kappa shape index (κ3) is 2.76. The molecule has 3 aromatic rings. The number of aromatic nitrogens is 2. The summed E-state index contributed by atoms with van der Waals surface area (Å²) in [6.45, 7) is 1.46. The molecule has 0 spiro atoms. The summed E-state index contributed by atoms with van der Waals surface area (Å²) in [6.07, 6.45) is 7.53. The Labute approximate surface area is 129 Å². The Morgan fingerprint density at radius 3 is 2.45 bits per heavy atom. The molecule has 0 unspecified atom stereocenters. The van der Waals surface area contributed by atoms with Crippen LogP contribution in [0.1, 0.15) is 5.56 Å². The van der Waals surface area contributed by atoms with Crippen molar-refractivity contribution < 1.29 is 21.5 Å². The van der Waals surface area contributed by atoms with Gasteiger partial charge >= 0.3 is 0 Å². The Bertz CT molecular complexity index is 739. The second kappa shape index (κ2) is 6.40. The molecule has 1 aromatic heterocycles. The van der Waals surface area contributed by atoms with Gasteiger partial charge in [0.1, 0.15) is 6.54 Å². The average Bonchev–Trinajstić information content (AvgIpc) is 2.79. The van der Waals surface area contributed by atoms with Gasteiger partial charge in [0.05, 0.1) is 0 Å². The van der Waals surface area contributed by atoms with E-state index in [1.54, 1.807) is 0 Å². The molecule has 2 aromatic carbocycles. The molecule has 100 valence electrons. The quantitative estimate of drug-likeness (QED) is 0.458. The van der Waals surface area contributed by atoms with Gasteiger partial charge in [-0.25, -0.2) is 9.13 Å². The monoisotopic (exact) mass is 326 g/mol. The van der Waals surface area contributed by atoms with E-state index in [1.165, 1.54) is 16.6 Å². The van der Waals surface area contributed by atoms with Crippen LogP contribution in [0.15, 0.2) is 60.9 Å². The van der Waals surface area contributed by atoms with E-state index in [0.29, 0.717) is 6.54 Å². The number of terminal acetylenes is 1. The highest BCUT2D eigenvalue weighted by Crippen LogP contribution is 2.11. The van der Waals surface area contributed by atoms with E-state index in [2.05, 4.69) is 63.8 Å². The summed E-state index contributed by atoms with van der Waals surface area (Å²) in [5, 5.41) is 0. The van der Waals surface area contributed by atoms with Gasteiger partial charge in [0.15, 0.2) is 17.6 Å². The summed E-state index contributed by atoms with van der Waals surface area (Å²) < 4.78 is 4.35. The van der Waals surface area contributed by atoms with E-state index < -0.39 is 0 Å². The lowest BCUT2D eigenvalue weighted by Gasteiger charge is -1.97. The van der Waals surface area contributed by atoms with Crippen LogP contribution in [0.25, 0.3) is 11.0 Å². The molecule has 0 N–H and O–H groups in total. The van der Waals surface area contributed by atoms with E-state index in [4.69, 9.17) is 6.42 Å². The van der Waals surface area contributed by atoms with Gasteiger partial charge < -0.3 is 17.0 Å². The summed E-state index contributed by atoms with van der Waals surface area (Å²) in [6, 6.07) is 18.8. The molecule has 0 bridgehead atoms. The minimum Gasteiger partial charge on any atom is -1.00 e. The highest BCUT2D eigenvalue weighted by Gasteiger charge is 2.14. The summed E-state index contributed by atoms with van der Waals surface area (Å²) >= 11 is 0. The summed E-state index contributed by atoms with van der Waals surface area (Å²) in [5.74, 6) is 2.70. The summed E-state index contributed by atoms with van der Waals surface area (Å²) in [4.78, 5) is 0. The van der Waals surface area contributed by atoms with Gasteiger partial charge in [-0.15, -0.1) is 6.42 Å². The normalized spacial score (nSPS) is 9.95. The van der Waals surface area contributed by atoms with Crippen molar-refractivity contribution >= 4 is 11.0 Å². The molecule has 2 nitrogen and oxygen atoms in total. The smallest absolute Gasteiger partial charge is 0.245 e. The number of hydrogen-bond donors (Lipinski definition) is 0. The zero-order chi connectivity index (χ0) is 13.1. The third-order valence-corrected chi connectivity index (χ3v) is 3.24. The van der Waals surface area contributed by atoms with Crippen LogP contribution in [0.2, 0.25) is 0 Å². The fourth-order valence-corrected chi connectivity index (χ4v) is 2.37. The molecule has 0 atom stereocenters. The maximum atomic E-state index is 5.43. The van der Waals surface area contributed by atoms with Crippen molar-refractivity contribution in [2.75, 3.05) is 0 Å². The Kier molecular flexibility index (Phi) is 4.60. The second-order valence-corrected chi connectivity index (χ2v) is 4.55. The van der Waals surface area contributed by atoms with Crippen LogP contribution < -0.4 is 21.5 Å². The van der Waals surface area contributed by atoms with Crippen molar-refractivity contribution in [2.45, 2.75) is 13.1 Å². The van der Waals surface area contributed by atoms with Crippen molar-refractivity contribution in [1.29, 1.82) is 0 Å². The molecule has 0 amide bonds. The lowest BCUT2D eigenvalue weighted by molar-refractivity contribution is -0.663. The minimum atomic E-state index is 0. The molecule has 0 aliphatic heterocycles. The second-order valence-electron chi connectivity index (χ2n) is 4.55. The average molecular weight is 327 g/mol. The van der Waals surface area contributed by atoms with Crippen LogP contribution >= 0.6 is 0 Å². The molecule has 0 radical (unpaired) electrons. The molecule has 0 saturated heterocycles. The zero-order valence-corrected chi connectivity index (χ0v) is 12.6. The number of rotatable bonds is 3. The number of benzene rings is 2. The van der Waals surface area contributed by atoms with Gasteiger partial charge in [-0.1, -0.05) is 48.4 Å². The number of halogens is 1. The first kappa shape index (κ1) is 14.4. The predicted molar refractivity (Wildman–Crippen MR) is 76.5 cm³/mol. The first-order valence-corrected chi connectivity index (χ1v) is 6.33. The largest absolute Gasteiger partial charge is 1.00 e. The van der Waals surface area contributed by atoms with E-state index in [1.807, 2.05) is 12.1 Å². The zero-order valence-electron chi connectivity index (χ0n) is 11.0. The number of fused-ring (bicyclic) bond motifs is 1. The highest BCUT2D eigenvalue weighted by atomic mass is 79.9. The Morgan fingerprint density at radius 2 is 1.70 bits per heavy atom. The van der Waals surface area contributed by atoms with E-state index in [9.17, 15) is 0 Å². The lowest BCUT2D eigenvalue weighted by atomic mass is 10.2. The number of hydrogen-bond acceptors (Lipinski definition) is 0. The van der Waals surface area contributed by atoms with Crippen LogP contribution in [0.5, 0.6) is 0 Å². The molecule has 0 fully saturated rings. The van der Waals surface area contributed by atoms with Crippen molar-refractivity contribution in [3.05, 3.63) is 66.5 Å². The van der Waals surface area contributed by atoms with Crippen LogP contribution in [0, 0.1) is 12.3 Å². The third-order valence-electron chi connectivity index (χ3n) is 3.24. The van der Waals surface area contributed by atoms with Crippen LogP contribution in [0.4, 0.5) is 0 Å². The van der Waals surface area contributed by atoms with Crippen LogP contribution in [-0.4, -0.2) is 4.57 Å². The summed E-state index contributed by atoms with van der Waals surface area (Å²) in [5.41, 5.74) is 3.68. The highest BCUT2D eigenvalue weighted by molar-refractivity contribution is 5.71. The van der Waals surface area contributed by atoms with Gasteiger partial charge in [-0.2, -0.15) is 0 Å². The lowest BCUT2D eigenvalue weighted by Crippen LogP contribution is -3.00. The molecule has 3 rings (SSSR count). The molecule has 1 heterocycles. The molecule has 0 aliphatic rings. The van der Waals surface area contributed by atoms with E-state index in [-0.39, 0.29) is 17.0 Å². The maximum absolute atomic E-state index is 5.43. The van der Waals surface area contributed by atoms with Gasteiger partial charge in [-0.3, -0.25) is 0 Å². The number of para-hydroxylation sites is 2.